The van der Waals surface area contributed by atoms with Crippen molar-refractivity contribution in [3.63, 3.8) is 0 Å². The van der Waals surface area contributed by atoms with E-state index in [9.17, 15) is 9.90 Å². The SMILES string of the molecule is CC1CN(Cc2cccc(C(N)=O)c2)CC(CO)O1. The van der Waals surface area contributed by atoms with Crippen molar-refractivity contribution < 1.29 is 14.6 Å². The van der Waals surface area contributed by atoms with E-state index < -0.39 is 5.91 Å². The molecule has 3 N–H and O–H groups in total. The van der Waals surface area contributed by atoms with Crippen molar-refractivity contribution in [3.05, 3.63) is 35.4 Å². The summed E-state index contributed by atoms with van der Waals surface area (Å²) in [4.78, 5) is 13.4. The minimum absolute atomic E-state index is 0.0299. The van der Waals surface area contributed by atoms with E-state index in [0.29, 0.717) is 12.1 Å². The van der Waals surface area contributed by atoms with E-state index >= 15 is 0 Å². The number of hydrogen-bond donors (Lipinski definition) is 2. The minimum Gasteiger partial charge on any atom is -0.394 e. The van der Waals surface area contributed by atoms with Gasteiger partial charge in [0.2, 0.25) is 5.91 Å². The van der Waals surface area contributed by atoms with Crippen LogP contribution in [0.3, 0.4) is 0 Å². The lowest BCUT2D eigenvalue weighted by atomic mass is 10.1. The number of aliphatic hydroxyl groups is 1. The lowest BCUT2D eigenvalue weighted by Crippen LogP contribution is -2.47. The first kappa shape index (κ1) is 14.0. The maximum atomic E-state index is 11.2. The second-order valence-corrected chi connectivity index (χ2v) is 5.01. The Bertz CT molecular complexity index is 450. The molecule has 0 aliphatic carbocycles. The van der Waals surface area contributed by atoms with Crippen LogP contribution < -0.4 is 5.73 Å². The molecule has 5 nitrogen and oxygen atoms in total. The van der Waals surface area contributed by atoms with Gasteiger partial charge in [0.1, 0.15) is 0 Å². The van der Waals surface area contributed by atoms with Crippen LogP contribution in [-0.2, 0) is 11.3 Å². The standard InChI is InChI=1S/C14H20N2O3/c1-10-6-16(8-13(9-17)19-10)7-11-3-2-4-12(5-11)14(15)18/h2-5,10,13,17H,6-9H2,1H3,(H2,15,18). The average molecular weight is 264 g/mol. The largest absolute Gasteiger partial charge is 0.394 e. The molecule has 1 aromatic rings. The quantitative estimate of drug-likeness (QED) is 0.823. The normalized spacial score (nSPS) is 24.3. The minimum atomic E-state index is -0.412. The summed E-state index contributed by atoms with van der Waals surface area (Å²) in [5.74, 6) is -0.412. The van der Waals surface area contributed by atoms with Gasteiger partial charge in [0.05, 0.1) is 18.8 Å². The Hall–Kier alpha value is -1.43. The number of ether oxygens (including phenoxy) is 1. The van der Waals surface area contributed by atoms with Crippen molar-refractivity contribution in [2.75, 3.05) is 19.7 Å². The molecule has 0 aromatic heterocycles. The van der Waals surface area contributed by atoms with E-state index in [4.69, 9.17) is 10.5 Å². The van der Waals surface area contributed by atoms with Crippen LogP contribution in [0, 0.1) is 0 Å². The van der Waals surface area contributed by atoms with E-state index in [-0.39, 0.29) is 18.8 Å². The van der Waals surface area contributed by atoms with Gasteiger partial charge in [-0.2, -0.15) is 0 Å². The molecule has 1 aromatic carbocycles. The fourth-order valence-corrected chi connectivity index (χ4v) is 2.45. The molecular formula is C14H20N2O3. The Morgan fingerprint density at radius 3 is 3.00 bits per heavy atom. The van der Waals surface area contributed by atoms with E-state index in [1.165, 1.54) is 0 Å². The number of carbonyl (C=O) groups is 1. The first-order chi connectivity index (χ1) is 9.08. The average Bonchev–Trinajstić information content (AvgIpc) is 2.38. The summed E-state index contributed by atoms with van der Waals surface area (Å²) in [6.07, 6.45) is -0.0340. The highest BCUT2D eigenvalue weighted by molar-refractivity contribution is 5.92. The highest BCUT2D eigenvalue weighted by Crippen LogP contribution is 2.15. The molecule has 5 heteroatoms. The summed E-state index contributed by atoms with van der Waals surface area (Å²) in [6.45, 7) is 4.26. The number of hydrogen-bond acceptors (Lipinski definition) is 4. The van der Waals surface area contributed by atoms with Crippen molar-refractivity contribution in [3.8, 4) is 0 Å². The Labute approximate surface area is 113 Å². The summed E-state index contributed by atoms with van der Waals surface area (Å²) in [5.41, 5.74) is 6.84. The maximum absolute atomic E-state index is 11.2. The molecule has 19 heavy (non-hydrogen) atoms. The number of primary amides is 1. The van der Waals surface area contributed by atoms with Gasteiger partial charge < -0.3 is 15.6 Å². The predicted molar refractivity (Wildman–Crippen MR) is 71.7 cm³/mol. The van der Waals surface area contributed by atoms with Crippen LogP contribution in [0.5, 0.6) is 0 Å². The molecule has 2 unspecified atom stereocenters. The van der Waals surface area contributed by atoms with Gasteiger partial charge in [0, 0.05) is 25.2 Å². The Kier molecular flexibility index (Phi) is 4.52. The highest BCUT2D eigenvalue weighted by Gasteiger charge is 2.24. The first-order valence-corrected chi connectivity index (χ1v) is 6.46. The zero-order valence-electron chi connectivity index (χ0n) is 11.1. The molecule has 104 valence electrons. The van der Waals surface area contributed by atoms with Gasteiger partial charge in [-0.1, -0.05) is 12.1 Å². The van der Waals surface area contributed by atoms with Gasteiger partial charge in [-0.3, -0.25) is 9.69 Å². The van der Waals surface area contributed by atoms with Gasteiger partial charge in [-0.15, -0.1) is 0 Å². The van der Waals surface area contributed by atoms with Crippen LogP contribution in [0.15, 0.2) is 24.3 Å². The first-order valence-electron chi connectivity index (χ1n) is 6.46. The number of aliphatic hydroxyl groups excluding tert-OH is 1. The van der Waals surface area contributed by atoms with Crippen molar-refractivity contribution in [1.82, 2.24) is 4.90 Å². The topological polar surface area (TPSA) is 75.8 Å². The molecule has 0 saturated carbocycles. The van der Waals surface area contributed by atoms with Gasteiger partial charge in [-0.25, -0.2) is 0 Å². The molecule has 2 rings (SSSR count). The molecule has 1 fully saturated rings. The molecular weight excluding hydrogens is 244 g/mol. The zero-order valence-corrected chi connectivity index (χ0v) is 11.1. The fraction of sp³-hybridized carbons (Fsp3) is 0.500. The second-order valence-electron chi connectivity index (χ2n) is 5.01. The smallest absolute Gasteiger partial charge is 0.248 e. The molecule has 1 amide bonds. The highest BCUT2D eigenvalue weighted by atomic mass is 16.5. The van der Waals surface area contributed by atoms with Gasteiger partial charge in [-0.05, 0) is 24.6 Å². The zero-order chi connectivity index (χ0) is 13.8. The molecule has 0 bridgehead atoms. The molecule has 0 spiro atoms. The number of nitrogens with two attached hydrogens (primary N) is 1. The summed E-state index contributed by atoms with van der Waals surface area (Å²) in [5, 5.41) is 9.20. The Balaban J connectivity index is 2.03. The van der Waals surface area contributed by atoms with Crippen molar-refractivity contribution in [1.29, 1.82) is 0 Å². The molecule has 1 saturated heterocycles. The molecule has 2 atom stereocenters. The van der Waals surface area contributed by atoms with Crippen LogP contribution in [0.25, 0.3) is 0 Å². The van der Waals surface area contributed by atoms with Crippen molar-refractivity contribution >= 4 is 5.91 Å². The van der Waals surface area contributed by atoms with Crippen LogP contribution in [-0.4, -0.2) is 47.8 Å². The Morgan fingerprint density at radius 2 is 2.32 bits per heavy atom. The van der Waals surface area contributed by atoms with Gasteiger partial charge in [0.25, 0.3) is 0 Å². The summed E-state index contributed by atoms with van der Waals surface area (Å²) >= 11 is 0. The number of morpholine rings is 1. The molecule has 1 aliphatic rings. The predicted octanol–water partition coefficient (Wildman–Crippen LogP) is 0.367. The summed E-state index contributed by atoms with van der Waals surface area (Å²) in [6, 6.07) is 7.34. The lowest BCUT2D eigenvalue weighted by Gasteiger charge is -2.36. The number of nitrogens with zero attached hydrogens (tertiary/aromatic N) is 1. The van der Waals surface area contributed by atoms with Crippen LogP contribution in [0.2, 0.25) is 0 Å². The third kappa shape index (κ3) is 3.76. The second kappa shape index (κ2) is 6.14. The molecule has 1 heterocycles. The number of amides is 1. The lowest BCUT2D eigenvalue weighted by molar-refractivity contribution is -0.0972. The van der Waals surface area contributed by atoms with E-state index in [1.54, 1.807) is 6.07 Å². The summed E-state index contributed by atoms with van der Waals surface area (Å²) < 4.78 is 5.60. The van der Waals surface area contributed by atoms with E-state index in [0.717, 1.165) is 18.7 Å². The third-order valence-corrected chi connectivity index (χ3v) is 3.22. The number of carbonyl (C=O) groups excluding carboxylic acids is 1. The van der Waals surface area contributed by atoms with Crippen molar-refractivity contribution in [2.24, 2.45) is 5.73 Å². The maximum Gasteiger partial charge on any atom is 0.248 e. The van der Waals surface area contributed by atoms with Gasteiger partial charge >= 0.3 is 0 Å². The fourth-order valence-electron chi connectivity index (χ4n) is 2.45. The number of rotatable bonds is 4. The monoisotopic (exact) mass is 264 g/mol. The van der Waals surface area contributed by atoms with Crippen LogP contribution >= 0.6 is 0 Å². The van der Waals surface area contributed by atoms with Crippen LogP contribution in [0.4, 0.5) is 0 Å². The molecule has 0 radical (unpaired) electrons. The van der Waals surface area contributed by atoms with Crippen molar-refractivity contribution in [2.45, 2.75) is 25.7 Å². The summed E-state index contributed by atoms with van der Waals surface area (Å²) in [7, 11) is 0. The van der Waals surface area contributed by atoms with Crippen LogP contribution in [0.1, 0.15) is 22.8 Å². The Morgan fingerprint density at radius 1 is 1.53 bits per heavy atom. The third-order valence-electron chi connectivity index (χ3n) is 3.22. The number of benzene rings is 1. The molecule has 1 aliphatic heterocycles. The van der Waals surface area contributed by atoms with E-state index in [1.807, 2.05) is 25.1 Å². The van der Waals surface area contributed by atoms with E-state index in [2.05, 4.69) is 4.90 Å². The van der Waals surface area contributed by atoms with Gasteiger partial charge in [0.15, 0.2) is 0 Å².